The maximum absolute atomic E-state index is 6.72. The molecule has 0 aromatic heterocycles. The van der Waals surface area contributed by atoms with Gasteiger partial charge in [0.15, 0.2) is 11.5 Å². The fourth-order valence-corrected chi connectivity index (χ4v) is 3.03. The van der Waals surface area contributed by atoms with Crippen LogP contribution in [0.5, 0.6) is 11.5 Å². The summed E-state index contributed by atoms with van der Waals surface area (Å²) in [6, 6.07) is 10.3. The van der Waals surface area contributed by atoms with Crippen LogP contribution in [-0.2, 0) is 0 Å². The molecule has 2 aromatic carbocycles. The Morgan fingerprint density at radius 3 is 1.95 bits per heavy atom. The first-order valence-electron chi connectivity index (χ1n) is 6.91. The molecule has 2 aromatic rings. The molecule has 21 heavy (non-hydrogen) atoms. The lowest BCUT2D eigenvalue weighted by atomic mass is 9.95. The van der Waals surface area contributed by atoms with Gasteiger partial charge in [0, 0.05) is 0 Å². The van der Waals surface area contributed by atoms with Gasteiger partial charge in [0.25, 0.3) is 0 Å². The van der Waals surface area contributed by atoms with Crippen LogP contribution in [0, 0.1) is 20.8 Å². The first-order chi connectivity index (χ1) is 9.97. The molecule has 0 N–H and O–H groups in total. The highest BCUT2D eigenvalue weighted by Crippen LogP contribution is 2.38. The van der Waals surface area contributed by atoms with Gasteiger partial charge >= 0.3 is 0 Å². The van der Waals surface area contributed by atoms with Gasteiger partial charge in [0.2, 0.25) is 0 Å². The average Bonchev–Trinajstić information content (AvgIpc) is 2.46. The normalized spacial score (nSPS) is 12.1. The highest BCUT2D eigenvalue weighted by atomic mass is 35.5. The van der Waals surface area contributed by atoms with Crippen molar-refractivity contribution in [3.63, 3.8) is 0 Å². The van der Waals surface area contributed by atoms with Gasteiger partial charge in [-0.3, -0.25) is 0 Å². The number of halogens is 1. The van der Waals surface area contributed by atoms with Crippen molar-refractivity contribution in [2.45, 2.75) is 26.1 Å². The summed E-state index contributed by atoms with van der Waals surface area (Å²) in [6.07, 6.45) is 0. The standard InChI is InChI=1S/C18H21ClO2/c1-11-6-7-14(12(2)8-11)18(19)15-10-17(21-5)16(20-4)9-13(15)3/h6-10,18H,1-5H3. The third-order valence-corrected chi connectivity index (χ3v) is 4.21. The number of hydrogen-bond acceptors (Lipinski definition) is 2. The summed E-state index contributed by atoms with van der Waals surface area (Å²) in [6.45, 7) is 6.21. The van der Waals surface area contributed by atoms with Gasteiger partial charge in [-0.15, -0.1) is 11.6 Å². The Morgan fingerprint density at radius 2 is 1.38 bits per heavy atom. The van der Waals surface area contributed by atoms with Crippen LogP contribution in [0.15, 0.2) is 30.3 Å². The molecule has 0 aliphatic rings. The van der Waals surface area contributed by atoms with Crippen molar-refractivity contribution < 1.29 is 9.47 Å². The van der Waals surface area contributed by atoms with E-state index in [0.29, 0.717) is 5.75 Å². The van der Waals surface area contributed by atoms with Crippen molar-refractivity contribution in [3.05, 3.63) is 58.1 Å². The molecule has 0 aliphatic carbocycles. The zero-order valence-electron chi connectivity index (χ0n) is 13.2. The maximum atomic E-state index is 6.72. The molecule has 112 valence electrons. The van der Waals surface area contributed by atoms with E-state index in [9.17, 15) is 0 Å². The molecule has 3 heteroatoms. The summed E-state index contributed by atoms with van der Waals surface area (Å²) in [5.74, 6) is 1.43. The Kier molecular flexibility index (Phi) is 4.79. The minimum atomic E-state index is -0.203. The highest BCUT2D eigenvalue weighted by molar-refractivity contribution is 6.22. The molecular weight excluding hydrogens is 284 g/mol. The van der Waals surface area contributed by atoms with Gasteiger partial charge < -0.3 is 9.47 Å². The fourth-order valence-electron chi connectivity index (χ4n) is 2.55. The van der Waals surface area contributed by atoms with Crippen molar-refractivity contribution in [2.75, 3.05) is 14.2 Å². The number of aryl methyl sites for hydroxylation is 3. The quantitative estimate of drug-likeness (QED) is 0.743. The Morgan fingerprint density at radius 1 is 0.810 bits per heavy atom. The minimum Gasteiger partial charge on any atom is -0.493 e. The zero-order valence-corrected chi connectivity index (χ0v) is 13.9. The Bertz CT molecular complexity index is 650. The highest BCUT2D eigenvalue weighted by Gasteiger charge is 2.18. The summed E-state index contributed by atoms with van der Waals surface area (Å²) in [4.78, 5) is 0. The van der Waals surface area contributed by atoms with E-state index in [0.717, 1.165) is 22.4 Å². The Hall–Kier alpha value is -1.67. The molecule has 0 saturated carbocycles. The van der Waals surface area contributed by atoms with Crippen molar-refractivity contribution in [2.24, 2.45) is 0 Å². The van der Waals surface area contributed by atoms with Gasteiger partial charge in [-0.1, -0.05) is 23.8 Å². The Labute approximate surface area is 131 Å². The summed E-state index contributed by atoms with van der Waals surface area (Å²) >= 11 is 6.72. The summed E-state index contributed by atoms with van der Waals surface area (Å²) in [5, 5.41) is -0.203. The van der Waals surface area contributed by atoms with E-state index in [4.69, 9.17) is 21.1 Å². The second kappa shape index (κ2) is 6.40. The molecule has 0 saturated heterocycles. The Balaban J connectivity index is 2.50. The fraction of sp³-hybridized carbons (Fsp3) is 0.333. The van der Waals surface area contributed by atoms with Gasteiger partial charge in [0.05, 0.1) is 19.6 Å². The van der Waals surface area contributed by atoms with Crippen LogP contribution in [0.3, 0.4) is 0 Å². The predicted molar refractivity (Wildman–Crippen MR) is 87.9 cm³/mol. The first kappa shape index (κ1) is 15.7. The van der Waals surface area contributed by atoms with Gasteiger partial charge in [-0.05, 0) is 55.2 Å². The van der Waals surface area contributed by atoms with E-state index in [1.165, 1.54) is 11.1 Å². The summed E-state index contributed by atoms with van der Waals surface area (Å²) < 4.78 is 10.7. The number of ether oxygens (including phenoxy) is 2. The lowest BCUT2D eigenvalue weighted by Crippen LogP contribution is -2.01. The molecule has 0 heterocycles. The number of methoxy groups -OCH3 is 2. The van der Waals surface area contributed by atoms with Crippen LogP contribution in [0.4, 0.5) is 0 Å². The third kappa shape index (κ3) is 3.16. The summed E-state index contributed by atoms with van der Waals surface area (Å²) in [7, 11) is 3.27. The summed E-state index contributed by atoms with van der Waals surface area (Å²) in [5.41, 5.74) is 5.69. The lowest BCUT2D eigenvalue weighted by molar-refractivity contribution is 0.354. The molecule has 1 unspecified atom stereocenters. The van der Waals surface area contributed by atoms with E-state index in [2.05, 4.69) is 32.0 Å². The molecule has 0 amide bonds. The largest absolute Gasteiger partial charge is 0.493 e. The smallest absolute Gasteiger partial charge is 0.161 e. The number of rotatable bonds is 4. The van der Waals surface area contributed by atoms with E-state index >= 15 is 0 Å². The van der Waals surface area contributed by atoms with Crippen molar-refractivity contribution in [3.8, 4) is 11.5 Å². The van der Waals surface area contributed by atoms with E-state index in [1.54, 1.807) is 14.2 Å². The van der Waals surface area contributed by atoms with E-state index in [-0.39, 0.29) is 5.38 Å². The number of benzene rings is 2. The van der Waals surface area contributed by atoms with Crippen LogP contribution < -0.4 is 9.47 Å². The van der Waals surface area contributed by atoms with Crippen molar-refractivity contribution in [1.29, 1.82) is 0 Å². The van der Waals surface area contributed by atoms with E-state index < -0.39 is 0 Å². The molecular formula is C18H21ClO2. The number of hydrogen-bond donors (Lipinski definition) is 0. The van der Waals surface area contributed by atoms with Gasteiger partial charge in [-0.25, -0.2) is 0 Å². The monoisotopic (exact) mass is 304 g/mol. The molecule has 0 fully saturated rings. The van der Waals surface area contributed by atoms with E-state index in [1.807, 2.05) is 19.1 Å². The van der Waals surface area contributed by atoms with Crippen molar-refractivity contribution >= 4 is 11.6 Å². The van der Waals surface area contributed by atoms with Crippen LogP contribution in [-0.4, -0.2) is 14.2 Å². The lowest BCUT2D eigenvalue weighted by Gasteiger charge is -2.18. The first-order valence-corrected chi connectivity index (χ1v) is 7.35. The van der Waals surface area contributed by atoms with Crippen LogP contribution in [0.25, 0.3) is 0 Å². The molecule has 0 radical (unpaired) electrons. The van der Waals surface area contributed by atoms with Gasteiger partial charge in [-0.2, -0.15) is 0 Å². The molecule has 1 atom stereocenters. The molecule has 0 bridgehead atoms. The molecule has 2 nitrogen and oxygen atoms in total. The SMILES string of the molecule is COc1cc(C)c(C(Cl)c2ccc(C)cc2C)cc1OC. The van der Waals surface area contributed by atoms with Crippen LogP contribution in [0.2, 0.25) is 0 Å². The van der Waals surface area contributed by atoms with Crippen LogP contribution in [0.1, 0.15) is 33.2 Å². The van der Waals surface area contributed by atoms with Crippen molar-refractivity contribution in [1.82, 2.24) is 0 Å². The number of alkyl halides is 1. The van der Waals surface area contributed by atoms with Gasteiger partial charge in [0.1, 0.15) is 0 Å². The molecule has 2 rings (SSSR count). The molecule has 0 aliphatic heterocycles. The second-order valence-electron chi connectivity index (χ2n) is 5.29. The predicted octanol–water partition coefficient (Wildman–Crippen LogP) is 4.96. The van der Waals surface area contributed by atoms with Crippen LogP contribution >= 0.6 is 11.6 Å². The molecule has 0 spiro atoms. The third-order valence-electron chi connectivity index (χ3n) is 3.74. The topological polar surface area (TPSA) is 18.5 Å². The second-order valence-corrected chi connectivity index (χ2v) is 5.72. The average molecular weight is 305 g/mol. The zero-order chi connectivity index (χ0) is 15.6. The maximum Gasteiger partial charge on any atom is 0.161 e. The minimum absolute atomic E-state index is 0.203.